The molecule has 0 spiro atoms. The molecule has 6 heteroatoms. The summed E-state index contributed by atoms with van der Waals surface area (Å²) in [6.07, 6.45) is 0. The summed E-state index contributed by atoms with van der Waals surface area (Å²) in [6, 6.07) is 11.4. The van der Waals surface area contributed by atoms with Crippen LogP contribution in [0.5, 0.6) is 0 Å². The van der Waals surface area contributed by atoms with Crippen LogP contribution in [0.25, 0.3) is 10.1 Å². The summed E-state index contributed by atoms with van der Waals surface area (Å²) in [5.41, 5.74) is 7.71. The van der Waals surface area contributed by atoms with E-state index in [9.17, 15) is 4.79 Å². The van der Waals surface area contributed by atoms with Gasteiger partial charge in [-0.3, -0.25) is 4.79 Å². The molecule has 3 rings (SSSR count). The molecule has 0 bridgehead atoms. The van der Waals surface area contributed by atoms with E-state index < -0.39 is 0 Å². The number of amides is 1. The van der Waals surface area contributed by atoms with Crippen LogP contribution in [-0.4, -0.2) is 5.91 Å². The van der Waals surface area contributed by atoms with Crippen molar-refractivity contribution in [1.29, 1.82) is 0 Å². The number of hydrogen-bond donors (Lipinski definition) is 2. The molecule has 2 aromatic carbocycles. The van der Waals surface area contributed by atoms with Gasteiger partial charge in [-0.15, -0.1) is 11.3 Å². The van der Waals surface area contributed by atoms with Gasteiger partial charge >= 0.3 is 0 Å². The lowest BCUT2D eigenvalue weighted by Gasteiger charge is -2.10. The first-order valence-corrected chi connectivity index (χ1v) is 8.55. The molecule has 0 saturated heterocycles. The maximum absolute atomic E-state index is 12.5. The highest BCUT2D eigenvalue weighted by Gasteiger charge is 2.15. The highest BCUT2D eigenvalue weighted by Crippen LogP contribution is 2.34. The molecule has 3 aromatic rings. The molecule has 0 fully saturated rings. The van der Waals surface area contributed by atoms with Gasteiger partial charge in [-0.2, -0.15) is 0 Å². The third kappa shape index (κ3) is 2.84. The lowest BCUT2D eigenvalue weighted by molar-refractivity contribution is 0.102. The van der Waals surface area contributed by atoms with Crippen molar-refractivity contribution in [3.05, 3.63) is 56.3 Å². The second-order valence-electron chi connectivity index (χ2n) is 4.45. The number of fused-ring (bicyclic) bond motifs is 1. The van der Waals surface area contributed by atoms with Crippen molar-refractivity contribution in [2.75, 3.05) is 11.1 Å². The maximum atomic E-state index is 12.5. The molecule has 0 saturated carbocycles. The Balaban J connectivity index is 1.97. The quantitative estimate of drug-likeness (QED) is 0.550. The molecule has 3 nitrogen and oxygen atoms in total. The standard InChI is InChI=1S/C15H10Br2N2OS/c16-8-5-11(17)14(12(18)6-8)19-15(20)10-7-21-13-4-2-1-3-9(10)13/h1-7H,18H2,(H,19,20). The van der Waals surface area contributed by atoms with Crippen LogP contribution < -0.4 is 11.1 Å². The predicted octanol–water partition coefficient (Wildman–Crippen LogP) is 5.26. The summed E-state index contributed by atoms with van der Waals surface area (Å²) < 4.78 is 2.68. The smallest absolute Gasteiger partial charge is 0.257 e. The van der Waals surface area contributed by atoms with E-state index in [2.05, 4.69) is 37.2 Å². The summed E-state index contributed by atoms with van der Waals surface area (Å²) in [7, 11) is 0. The number of halogens is 2. The van der Waals surface area contributed by atoms with Crippen LogP contribution in [0.2, 0.25) is 0 Å². The number of rotatable bonds is 2. The van der Waals surface area contributed by atoms with Gasteiger partial charge in [-0.05, 0) is 34.1 Å². The van der Waals surface area contributed by atoms with Gasteiger partial charge in [-0.1, -0.05) is 34.1 Å². The first kappa shape index (κ1) is 14.6. The number of thiophene rings is 1. The van der Waals surface area contributed by atoms with E-state index in [4.69, 9.17) is 5.73 Å². The topological polar surface area (TPSA) is 55.1 Å². The predicted molar refractivity (Wildman–Crippen MR) is 96.0 cm³/mol. The van der Waals surface area contributed by atoms with Crippen molar-refractivity contribution >= 4 is 70.6 Å². The zero-order chi connectivity index (χ0) is 15.0. The molecular formula is C15H10Br2N2OS. The molecule has 0 aliphatic carbocycles. The SMILES string of the molecule is Nc1cc(Br)cc(Br)c1NC(=O)c1csc2ccccc12. The number of hydrogen-bond acceptors (Lipinski definition) is 3. The van der Waals surface area contributed by atoms with Gasteiger partial charge in [-0.25, -0.2) is 0 Å². The molecule has 1 amide bonds. The largest absolute Gasteiger partial charge is 0.397 e. The van der Waals surface area contributed by atoms with Crippen molar-refractivity contribution in [2.24, 2.45) is 0 Å². The van der Waals surface area contributed by atoms with E-state index in [1.165, 1.54) is 0 Å². The van der Waals surface area contributed by atoms with Crippen LogP contribution >= 0.6 is 43.2 Å². The Morgan fingerprint density at radius 1 is 1.19 bits per heavy atom. The molecule has 106 valence electrons. The van der Waals surface area contributed by atoms with Gasteiger partial charge in [0.25, 0.3) is 5.91 Å². The van der Waals surface area contributed by atoms with Crippen LogP contribution in [0, 0.1) is 0 Å². The molecule has 0 aliphatic heterocycles. The van der Waals surface area contributed by atoms with E-state index in [1.54, 1.807) is 17.4 Å². The second kappa shape index (κ2) is 5.79. The molecule has 1 heterocycles. The number of nitrogens with one attached hydrogen (secondary N) is 1. The molecule has 21 heavy (non-hydrogen) atoms. The average molecular weight is 426 g/mol. The fraction of sp³-hybridized carbons (Fsp3) is 0. The Hall–Kier alpha value is -1.37. The van der Waals surface area contributed by atoms with Gasteiger partial charge in [0.15, 0.2) is 0 Å². The Morgan fingerprint density at radius 2 is 1.95 bits per heavy atom. The number of carbonyl (C=O) groups excluding carboxylic acids is 1. The normalized spacial score (nSPS) is 10.8. The van der Waals surface area contributed by atoms with Gasteiger partial charge in [0, 0.05) is 24.4 Å². The van der Waals surface area contributed by atoms with Gasteiger partial charge in [0.1, 0.15) is 0 Å². The Labute approximate surface area is 142 Å². The van der Waals surface area contributed by atoms with Gasteiger partial charge < -0.3 is 11.1 Å². The number of nitrogen functional groups attached to an aromatic ring is 1. The Morgan fingerprint density at radius 3 is 2.71 bits per heavy atom. The summed E-state index contributed by atoms with van der Waals surface area (Å²) in [6.45, 7) is 0. The second-order valence-corrected chi connectivity index (χ2v) is 7.13. The molecule has 0 unspecified atom stereocenters. The monoisotopic (exact) mass is 424 g/mol. The van der Waals surface area contributed by atoms with Gasteiger partial charge in [0.05, 0.1) is 16.9 Å². The highest BCUT2D eigenvalue weighted by molar-refractivity contribution is 9.11. The Kier molecular flexibility index (Phi) is 4.01. The summed E-state index contributed by atoms with van der Waals surface area (Å²) in [5.74, 6) is -0.165. The van der Waals surface area contributed by atoms with Gasteiger partial charge in [0.2, 0.25) is 0 Å². The molecule has 1 aromatic heterocycles. The summed E-state index contributed by atoms with van der Waals surface area (Å²) >= 11 is 8.33. The molecule has 0 atom stereocenters. The van der Waals surface area contributed by atoms with E-state index in [-0.39, 0.29) is 5.91 Å². The number of anilines is 2. The zero-order valence-electron chi connectivity index (χ0n) is 10.7. The number of nitrogens with two attached hydrogens (primary N) is 1. The third-order valence-electron chi connectivity index (χ3n) is 3.05. The fourth-order valence-electron chi connectivity index (χ4n) is 2.06. The van der Waals surface area contributed by atoms with E-state index >= 15 is 0 Å². The lowest BCUT2D eigenvalue weighted by Crippen LogP contribution is -2.13. The molecular weight excluding hydrogens is 416 g/mol. The average Bonchev–Trinajstić information content (AvgIpc) is 2.86. The zero-order valence-corrected chi connectivity index (χ0v) is 14.7. The van der Waals surface area contributed by atoms with E-state index in [1.807, 2.05) is 35.7 Å². The minimum Gasteiger partial charge on any atom is -0.397 e. The van der Waals surface area contributed by atoms with Crippen LogP contribution in [0.1, 0.15) is 10.4 Å². The van der Waals surface area contributed by atoms with Crippen molar-refractivity contribution in [1.82, 2.24) is 0 Å². The van der Waals surface area contributed by atoms with Crippen molar-refractivity contribution in [3.63, 3.8) is 0 Å². The van der Waals surface area contributed by atoms with Crippen molar-refractivity contribution in [2.45, 2.75) is 0 Å². The highest BCUT2D eigenvalue weighted by atomic mass is 79.9. The van der Waals surface area contributed by atoms with Crippen LogP contribution in [0.15, 0.2) is 50.7 Å². The van der Waals surface area contributed by atoms with E-state index in [0.717, 1.165) is 19.0 Å². The van der Waals surface area contributed by atoms with Crippen molar-refractivity contribution in [3.8, 4) is 0 Å². The molecule has 0 radical (unpaired) electrons. The maximum Gasteiger partial charge on any atom is 0.257 e. The first-order chi connectivity index (χ1) is 10.1. The molecule has 0 aliphatic rings. The number of carbonyl (C=O) groups is 1. The van der Waals surface area contributed by atoms with Crippen LogP contribution in [0.4, 0.5) is 11.4 Å². The molecule has 3 N–H and O–H groups in total. The minimum absolute atomic E-state index is 0.165. The summed E-state index contributed by atoms with van der Waals surface area (Å²) in [5, 5.41) is 5.69. The fourth-order valence-corrected chi connectivity index (χ4v) is 4.36. The van der Waals surface area contributed by atoms with Crippen molar-refractivity contribution < 1.29 is 4.79 Å². The summed E-state index contributed by atoms with van der Waals surface area (Å²) in [4.78, 5) is 12.5. The van der Waals surface area contributed by atoms with E-state index in [0.29, 0.717) is 16.9 Å². The minimum atomic E-state index is -0.165. The lowest BCUT2D eigenvalue weighted by atomic mass is 10.1. The third-order valence-corrected chi connectivity index (χ3v) is 5.10. The van der Waals surface area contributed by atoms with Crippen LogP contribution in [-0.2, 0) is 0 Å². The number of benzene rings is 2. The first-order valence-electron chi connectivity index (χ1n) is 6.08. The Bertz CT molecular complexity index is 822. The van der Waals surface area contributed by atoms with Crippen LogP contribution in [0.3, 0.4) is 0 Å².